The van der Waals surface area contributed by atoms with E-state index in [4.69, 9.17) is 0 Å². The van der Waals surface area contributed by atoms with Gasteiger partial charge >= 0.3 is 0 Å². The molecule has 0 atom stereocenters. The van der Waals surface area contributed by atoms with Crippen LogP contribution in [-0.2, 0) is 13.1 Å². The number of hydrogen-bond donors (Lipinski definition) is 0. The van der Waals surface area contributed by atoms with Gasteiger partial charge in [-0.25, -0.2) is 0 Å². The van der Waals surface area contributed by atoms with Crippen molar-refractivity contribution < 1.29 is 0 Å². The van der Waals surface area contributed by atoms with Crippen molar-refractivity contribution in [1.82, 2.24) is 4.31 Å². The van der Waals surface area contributed by atoms with Crippen LogP contribution in [-0.4, -0.2) is 22.6 Å². The average molecular weight is 326 g/mol. The average Bonchev–Trinajstić information content (AvgIpc) is 2.55. The molecule has 0 radical (unpaired) electrons. The van der Waals surface area contributed by atoms with Crippen LogP contribution in [0.25, 0.3) is 0 Å². The number of nitrogens with zero attached hydrogens (tertiary/aromatic N) is 1. The van der Waals surface area contributed by atoms with E-state index in [9.17, 15) is 0 Å². The van der Waals surface area contributed by atoms with Gasteiger partial charge in [-0.15, -0.1) is 0 Å². The number of benzene rings is 2. The third-order valence-corrected chi connectivity index (χ3v) is 6.66. The van der Waals surface area contributed by atoms with Crippen LogP contribution in [0.2, 0.25) is 0 Å². The number of rotatable bonds is 8. The van der Waals surface area contributed by atoms with Crippen LogP contribution in [0.5, 0.6) is 0 Å². The van der Waals surface area contributed by atoms with Crippen LogP contribution in [0.15, 0.2) is 85.5 Å². The van der Waals surface area contributed by atoms with Gasteiger partial charge in [-0.05, 0) is 29.2 Å². The molecular formula is C21H27NS. The smallest absolute Gasteiger partial charge is 0.0329 e. The Morgan fingerprint density at radius 1 is 0.913 bits per heavy atom. The Morgan fingerprint density at radius 3 is 1.74 bits per heavy atom. The highest BCUT2D eigenvalue weighted by atomic mass is 32.3. The van der Waals surface area contributed by atoms with Gasteiger partial charge in [0.15, 0.2) is 0 Å². The van der Waals surface area contributed by atoms with E-state index in [1.807, 2.05) is 6.08 Å². The fourth-order valence-corrected chi connectivity index (χ4v) is 4.79. The SMILES string of the molecule is C=CC(=C)CS(C)(C)N(Cc1ccccc1)Cc1ccccc1. The molecule has 0 aliphatic heterocycles. The predicted molar refractivity (Wildman–Crippen MR) is 106 cm³/mol. The Labute approximate surface area is 142 Å². The van der Waals surface area contributed by atoms with E-state index in [1.54, 1.807) is 0 Å². The summed E-state index contributed by atoms with van der Waals surface area (Å²) in [6, 6.07) is 21.4. The Bertz CT molecular complexity index is 590. The van der Waals surface area contributed by atoms with E-state index in [2.05, 4.69) is 90.6 Å². The second-order valence-electron chi connectivity index (χ2n) is 6.26. The summed E-state index contributed by atoms with van der Waals surface area (Å²) in [6.07, 6.45) is 6.62. The Kier molecular flexibility index (Phi) is 6.26. The predicted octanol–water partition coefficient (Wildman–Crippen LogP) is 5.41. The van der Waals surface area contributed by atoms with Crippen molar-refractivity contribution in [3.05, 3.63) is 96.6 Å². The number of hydrogen-bond acceptors (Lipinski definition) is 1. The zero-order valence-electron chi connectivity index (χ0n) is 14.2. The Morgan fingerprint density at radius 2 is 1.35 bits per heavy atom. The van der Waals surface area contributed by atoms with Gasteiger partial charge in [-0.3, -0.25) is 4.31 Å². The van der Waals surface area contributed by atoms with E-state index in [0.29, 0.717) is 0 Å². The second kappa shape index (κ2) is 8.19. The van der Waals surface area contributed by atoms with Crippen molar-refractivity contribution in [1.29, 1.82) is 0 Å². The van der Waals surface area contributed by atoms with Gasteiger partial charge in [0, 0.05) is 18.8 Å². The molecule has 2 aromatic rings. The maximum atomic E-state index is 4.13. The monoisotopic (exact) mass is 325 g/mol. The van der Waals surface area contributed by atoms with Gasteiger partial charge in [0.25, 0.3) is 0 Å². The highest BCUT2D eigenvalue weighted by molar-refractivity contribution is 8.30. The number of allylic oxidation sites excluding steroid dienone is 1. The van der Waals surface area contributed by atoms with Crippen LogP contribution in [0.4, 0.5) is 0 Å². The lowest BCUT2D eigenvalue weighted by Crippen LogP contribution is -2.28. The van der Waals surface area contributed by atoms with Crippen LogP contribution in [0.3, 0.4) is 0 Å². The lowest BCUT2D eigenvalue weighted by molar-refractivity contribution is 0.451. The van der Waals surface area contributed by atoms with E-state index in [1.165, 1.54) is 11.1 Å². The summed E-state index contributed by atoms with van der Waals surface area (Å²) in [5.74, 6) is 0.996. The first-order valence-electron chi connectivity index (χ1n) is 7.85. The highest BCUT2D eigenvalue weighted by Crippen LogP contribution is 2.47. The van der Waals surface area contributed by atoms with E-state index >= 15 is 0 Å². The zero-order chi connectivity index (χ0) is 16.7. The molecule has 0 heterocycles. The third-order valence-electron chi connectivity index (χ3n) is 3.93. The molecule has 0 unspecified atom stereocenters. The fraction of sp³-hybridized carbons (Fsp3) is 0.238. The first-order valence-corrected chi connectivity index (χ1v) is 10.4. The molecule has 0 aromatic heterocycles. The van der Waals surface area contributed by atoms with Crippen molar-refractivity contribution >= 4 is 10.2 Å². The van der Waals surface area contributed by atoms with Gasteiger partial charge < -0.3 is 0 Å². The van der Waals surface area contributed by atoms with Crippen molar-refractivity contribution in [3.8, 4) is 0 Å². The van der Waals surface area contributed by atoms with Gasteiger partial charge in [0.2, 0.25) is 0 Å². The summed E-state index contributed by atoms with van der Waals surface area (Å²) in [7, 11) is -0.968. The molecule has 0 N–H and O–H groups in total. The molecule has 0 aliphatic carbocycles. The van der Waals surface area contributed by atoms with Crippen LogP contribution >= 0.6 is 10.2 Å². The summed E-state index contributed by atoms with van der Waals surface area (Å²) < 4.78 is 2.60. The van der Waals surface area contributed by atoms with Crippen molar-refractivity contribution in [2.45, 2.75) is 13.1 Å². The molecule has 1 nitrogen and oxygen atoms in total. The molecule has 2 rings (SSSR count). The van der Waals surface area contributed by atoms with E-state index in [-0.39, 0.29) is 0 Å². The van der Waals surface area contributed by atoms with Crippen molar-refractivity contribution in [3.63, 3.8) is 0 Å². The molecule has 23 heavy (non-hydrogen) atoms. The molecule has 0 fully saturated rings. The maximum absolute atomic E-state index is 4.13. The molecule has 2 heteroatoms. The summed E-state index contributed by atoms with van der Waals surface area (Å²) >= 11 is 0. The van der Waals surface area contributed by atoms with Crippen LogP contribution in [0, 0.1) is 0 Å². The highest BCUT2D eigenvalue weighted by Gasteiger charge is 2.22. The Hall–Kier alpha value is -1.77. The topological polar surface area (TPSA) is 3.24 Å². The van der Waals surface area contributed by atoms with E-state index in [0.717, 1.165) is 24.4 Å². The molecule has 0 saturated heterocycles. The molecule has 0 amide bonds. The Balaban J connectivity index is 2.22. The normalized spacial score (nSPS) is 12.1. The van der Waals surface area contributed by atoms with Crippen LogP contribution in [0.1, 0.15) is 11.1 Å². The first kappa shape index (κ1) is 17.6. The minimum Gasteiger partial charge on any atom is -0.259 e. The second-order valence-corrected chi connectivity index (χ2v) is 10.0. The van der Waals surface area contributed by atoms with E-state index < -0.39 is 10.2 Å². The van der Waals surface area contributed by atoms with Gasteiger partial charge in [-0.2, -0.15) is 10.2 Å². The standard InChI is InChI=1S/C21H27NS/c1-5-19(2)18-23(3,4)22(16-20-12-8-6-9-13-20)17-21-14-10-7-11-15-21/h5-15H,1-2,16-18H2,3-4H3. The van der Waals surface area contributed by atoms with Crippen molar-refractivity contribution in [2.24, 2.45) is 0 Å². The third kappa shape index (κ3) is 5.42. The molecule has 0 spiro atoms. The summed E-state index contributed by atoms with van der Waals surface area (Å²) in [6.45, 7) is 9.92. The lowest BCUT2D eigenvalue weighted by Gasteiger charge is -2.44. The fourth-order valence-electron chi connectivity index (χ4n) is 2.58. The van der Waals surface area contributed by atoms with Crippen LogP contribution < -0.4 is 0 Å². The first-order chi connectivity index (χ1) is 11.0. The maximum Gasteiger partial charge on any atom is 0.0329 e. The molecule has 122 valence electrons. The largest absolute Gasteiger partial charge is 0.259 e. The minimum absolute atomic E-state index is 0.961. The molecule has 0 bridgehead atoms. The van der Waals surface area contributed by atoms with Gasteiger partial charge in [-0.1, -0.05) is 79.9 Å². The summed E-state index contributed by atoms with van der Waals surface area (Å²) in [4.78, 5) is 0. The molecule has 0 aliphatic rings. The molecular weight excluding hydrogens is 298 g/mol. The van der Waals surface area contributed by atoms with Crippen molar-refractivity contribution in [2.75, 3.05) is 18.3 Å². The quantitative estimate of drug-likeness (QED) is 0.587. The van der Waals surface area contributed by atoms with Gasteiger partial charge in [0.1, 0.15) is 0 Å². The zero-order valence-corrected chi connectivity index (χ0v) is 15.1. The van der Waals surface area contributed by atoms with Gasteiger partial charge in [0.05, 0.1) is 0 Å². The lowest BCUT2D eigenvalue weighted by atomic mass is 10.2. The molecule has 2 aromatic carbocycles. The minimum atomic E-state index is -0.968. The molecule has 0 saturated carbocycles. The summed E-state index contributed by atoms with van der Waals surface area (Å²) in [5.41, 5.74) is 3.83. The summed E-state index contributed by atoms with van der Waals surface area (Å²) in [5, 5.41) is 0.